The highest BCUT2D eigenvalue weighted by molar-refractivity contribution is 5.97. The minimum Gasteiger partial charge on any atom is -0.491 e. The van der Waals surface area contributed by atoms with Crippen LogP contribution in [0.25, 0.3) is 11.0 Å². The third-order valence-corrected chi connectivity index (χ3v) is 4.18. The second kappa shape index (κ2) is 10.4. The monoisotopic (exact) mass is 416 g/mol. The van der Waals surface area contributed by atoms with Gasteiger partial charge in [0.15, 0.2) is 0 Å². The van der Waals surface area contributed by atoms with Crippen molar-refractivity contribution in [3.8, 4) is 5.75 Å². The molecule has 1 heterocycles. The molecule has 0 aliphatic rings. The third-order valence-electron chi connectivity index (χ3n) is 4.18. The molecule has 0 radical (unpaired) electrons. The molecule has 1 amide bonds. The SMILES string of the molecule is CC(=O)O.Cc1nc2cc(CNC(=O)c3cc(F)ccc3OCCN)ccc2n1C. The van der Waals surface area contributed by atoms with E-state index in [-0.39, 0.29) is 12.2 Å². The van der Waals surface area contributed by atoms with Crippen LogP contribution >= 0.6 is 0 Å². The summed E-state index contributed by atoms with van der Waals surface area (Å²) in [6.07, 6.45) is 0. The van der Waals surface area contributed by atoms with Crippen molar-refractivity contribution >= 4 is 22.9 Å². The lowest BCUT2D eigenvalue weighted by Crippen LogP contribution is -2.24. The number of ether oxygens (including phenoxy) is 1. The fraction of sp³-hybridized carbons (Fsp3) is 0.286. The number of fused-ring (bicyclic) bond motifs is 1. The van der Waals surface area contributed by atoms with E-state index in [0.29, 0.717) is 18.8 Å². The number of benzene rings is 2. The van der Waals surface area contributed by atoms with E-state index >= 15 is 0 Å². The van der Waals surface area contributed by atoms with Gasteiger partial charge in [-0.05, 0) is 42.8 Å². The first-order valence-corrected chi connectivity index (χ1v) is 9.25. The second-order valence-corrected chi connectivity index (χ2v) is 6.52. The highest BCUT2D eigenvalue weighted by Gasteiger charge is 2.14. The molecule has 0 atom stereocenters. The number of nitrogens with zero attached hydrogens (tertiary/aromatic N) is 2. The predicted octanol–water partition coefficient (Wildman–Crippen LogP) is 2.38. The molecule has 0 aliphatic carbocycles. The molecular formula is C21H25FN4O4. The zero-order valence-electron chi connectivity index (χ0n) is 17.1. The Labute approximate surface area is 173 Å². The van der Waals surface area contributed by atoms with Gasteiger partial charge >= 0.3 is 0 Å². The Bertz CT molecular complexity index is 1040. The number of hydrogen-bond donors (Lipinski definition) is 3. The van der Waals surface area contributed by atoms with E-state index in [1.807, 2.05) is 36.7 Å². The topological polar surface area (TPSA) is 119 Å². The van der Waals surface area contributed by atoms with Crippen LogP contribution in [-0.2, 0) is 18.4 Å². The van der Waals surface area contributed by atoms with Gasteiger partial charge in [-0.25, -0.2) is 9.37 Å². The quantitative estimate of drug-likeness (QED) is 0.568. The number of nitrogens with one attached hydrogen (secondary N) is 1. The van der Waals surface area contributed by atoms with E-state index in [1.165, 1.54) is 12.1 Å². The average molecular weight is 416 g/mol. The van der Waals surface area contributed by atoms with Crippen LogP contribution in [0.4, 0.5) is 4.39 Å². The van der Waals surface area contributed by atoms with E-state index in [0.717, 1.165) is 35.4 Å². The number of carboxylic acid groups (broad SMARTS) is 1. The Kier molecular flexibility index (Phi) is 7.88. The molecule has 0 bridgehead atoms. The fourth-order valence-electron chi connectivity index (χ4n) is 2.73. The number of aromatic nitrogens is 2. The van der Waals surface area contributed by atoms with E-state index in [9.17, 15) is 9.18 Å². The lowest BCUT2D eigenvalue weighted by atomic mass is 10.1. The molecule has 0 fully saturated rings. The zero-order chi connectivity index (χ0) is 22.3. The van der Waals surface area contributed by atoms with Gasteiger partial charge in [-0.2, -0.15) is 0 Å². The molecule has 0 spiro atoms. The highest BCUT2D eigenvalue weighted by atomic mass is 19.1. The van der Waals surface area contributed by atoms with Crippen LogP contribution in [0.1, 0.15) is 28.7 Å². The van der Waals surface area contributed by atoms with Gasteiger partial charge in [-0.1, -0.05) is 6.07 Å². The van der Waals surface area contributed by atoms with Crippen LogP contribution in [0.15, 0.2) is 36.4 Å². The first kappa shape index (κ1) is 22.8. The van der Waals surface area contributed by atoms with Crippen molar-refractivity contribution in [3.05, 3.63) is 59.2 Å². The van der Waals surface area contributed by atoms with Crippen LogP contribution < -0.4 is 15.8 Å². The van der Waals surface area contributed by atoms with E-state index < -0.39 is 17.7 Å². The lowest BCUT2D eigenvalue weighted by Gasteiger charge is -2.11. The van der Waals surface area contributed by atoms with Gasteiger partial charge in [0.1, 0.15) is 24.0 Å². The summed E-state index contributed by atoms with van der Waals surface area (Å²) < 4.78 is 21.0. The van der Waals surface area contributed by atoms with Crippen molar-refractivity contribution in [2.75, 3.05) is 13.2 Å². The number of aliphatic carboxylic acids is 1. The largest absolute Gasteiger partial charge is 0.491 e. The standard InChI is InChI=1S/C19H21FN4O2.C2H4O2/c1-12-23-16-9-13(3-5-17(16)24(12)2)11-22-19(25)15-10-14(20)4-6-18(15)26-8-7-21;1-2(3)4/h3-6,9-10H,7-8,11,21H2,1-2H3,(H,22,25);1H3,(H,3,4). The molecule has 0 saturated carbocycles. The van der Waals surface area contributed by atoms with Gasteiger partial charge in [-0.15, -0.1) is 0 Å². The maximum Gasteiger partial charge on any atom is 0.300 e. The summed E-state index contributed by atoms with van der Waals surface area (Å²) in [6, 6.07) is 9.67. The zero-order valence-corrected chi connectivity index (χ0v) is 17.1. The summed E-state index contributed by atoms with van der Waals surface area (Å²) in [6.45, 7) is 3.88. The van der Waals surface area contributed by atoms with Crippen molar-refractivity contribution in [2.45, 2.75) is 20.4 Å². The first-order valence-electron chi connectivity index (χ1n) is 9.25. The summed E-state index contributed by atoms with van der Waals surface area (Å²) in [5.41, 5.74) is 8.37. The van der Waals surface area contributed by atoms with Gasteiger partial charge in [0, 0.05) is 27.1 Å². The molecular weight excluding hydrogens is 391 g/mol. The molecule has 160 valence electrons. The fourth-order valence-corrected chi connectivity index (χ4v) is 2.73. The predicted molar refractivity (Wildman–Crippen MR) is 111 cm³/mol. The molecule has 3 rings (SSSR count). The Hall–Kier alpha value is -3.46. The molecule has 0 unspecified atom stereocenters. The normalized spacial score (nSPS) is 10.3. The van der Waals surface area contributed by atoms with Crippen LogP contribution in [0.2, 0.25) is 0 Å². The Morgan fingerprint density at radius 1 is 1.27 bits per heavy atom. The number of imidazole rings is 1. The van der Waals surface area contributed by atoms with Crippen molar-refractivity contribution in [1.29, 1.82) is 0 Å². The van der Waals surface area contributed by atoms with E-state index in [4.69, 9.17) is 20.4 Å². The smallest absolute Gasteiger partial charge is 0.300 e. The summed E-state index contributed by atoms with van der Waals surface area (Å²) in [4.78, 5) is 26.0. The molecule has 0 saturated heterocycles. The Morgan fingerprint density at radius 3 is 2.63 bits per heavy atom. The molecule has 30 heavy (non-hydrogen) atoms. The number of halogens is 1. The number of carbonyl (C=O) groups is 2. The number of rotatable bonds is 6. The number of aryl methyl sites for hydroxylation is 2. The van der Waals surface area contributed by atoms with Gasteiger partial charge in [-0.3, -0.25) is 9.59 Å². The van der Waals surface area contributed by atoms with Crippen molar-refractivity contribution in [3.63, 3.8) is 0 Å². The van der Waals surface area contributed by atoms with Crippen LogP contribution in [0.5, 0.6) is 5.75 Å². The van der Waals surface area contributed by atoms with E-state index in [1.54, 1.807) is 0 Å². The summed E-state index contributed by atoms with van der Waals surface area (Å²) in [5.74, 6) is -0.512. The van der Waals surface area contributed by atoms with Gasteiger partial charge in [0.05, 0.1) is 16.6 Å². The minimum absolute atomic E-state index is 0.146. The molecule has 1 aromatic heterocycles. The Balaban J connectivity index is 0.000000735. The summed E-state index contributed by atoms with van der Waals surface area (Å²) >= 11 is 0. The Morgan fingerprint density at radius 2 is 1.97 bits per heavy atom. The van der Waals surface area contributed by atoms with Crippen molar-refractivity contribution < 1.29 is 23.8 Å². The number of amides is 1. The van der Waals surface area contributed by atoms with Crippen LogP contribution in [0, 0.1) is 12.7 Å². The molecule has 3 aromatic rings. The van der Waals surface area contributed by atoms with E-state index in [2.05, 4.69) is 10.3 Å². The van der Waals surface area contributed by atoms with Crippen molar-refractivity contribution in [1.82, 2.24) is 14.9 Å². The average Bonchev–Trinajstić information content (AvgIpc) is 2.98. The third kappa shape index (κ3) is 6.02. The first-order chi connectivity index (χ1) is 14.2. The van der Waals surface area contributed by atoms with Gasteiger partial charge < -0.3 is 25.5 Å². The van der Waals surface area contributed by atoms with Crippen molar-refractivity contribution in [2.24, 2.45) is 12.8 Å². The molecule has 2 aromatic carbocycles. The lowest BCUT2D eigenvalue weighted by molar-refractivity contribution is -0.134. The maximum absolute atomic E-state index is 13.5. The van der Waals surface area contributed by atoms with Gasteiger partial charge in [0.25, 0.3) is 11.9 Å². The number of carboxylic acids is 1. The number of nitrogens with two attached hydrogens (primary N) is 1. The second-order valence-electron chi connectivity index (χ2n) is 6.52. The number of carbonyl (C=O) groups excluding carboxylic acids is 1. The molecule has 4 N–H and O–H groups in total. The number of hydrogen-bond acceptors (Lipinski definition) is 5. The molecule has 8 nitrogen and oxygen atoms in total. The van der Waals surface area contributed by atoms with Crippen LogP contribution in [0.3, 0.4) is 0 Å². The molecule has 0 aliphatic heterocycles. The maximum atomic E-state index is 13.5. The summed E-state index contributed by atoms with van der Waals surface area (Å²) in [5, 5.41) is 10.2. The molecule has 9 heteroatoms. The minimum atomic E-state index is -0.833. The van der Waals surface area contributed by atoms with Crippen LogP contribution in [-0.4, -0.2) is 39.7 Å². The summed E-state index contributed by atoms with van der Waals surface area (Å²) in [7, 11) is 1.96. The van der Waals surface area contributed by atoms with Gasteiger partial charge in [0.2, 0.25) is 0 Å². The highest BCUT2D eigenvalue weighted by Crippen LogP contribution is 2.20.